The minimum Gasteiger partial charge on any atom is -0.392 e. The van der Waals surface area contributed by atoms with Crippen LogP contribution in [0.25, 0.3) is 0 Å². The molecule has 80 valence electrons. The van der Waals surface area contributed by atoms with Crippen molar-refractivity contribution in [3.63, 3.8) is 0 Å². The van der Waals surface area contributed by atoms with Gasteiger partial charge in [-0.1, -0.05) is 19.3 Å². The van der Waals surface area contributed by atoms with E-state index >= 15 is 0 Å². The topological polar surface area (TPSA) is 92.5 Å². The van der Waals surface area contributed by atoms with Crippen LogP contribution in [-0.4, -0.2) is 35.5 Å². The summed E-state index contributed by atoms with van der Waals surface area (Å²) in [7, 11) is 0. The molecule has 0 aromatic rings. The molecule has 4 nitrogen and oxygen atoms in total. The third-order valence-electron chi connectivity index (χ3n) is 2.12. The van der Waals surface area contributed by atoms with Gasteiger partial charge >= 0.3 is 0 Å². The highest BCUT2D eigenvalue weighted by molar-refractivity contribution is 4.58. The Morgan fingerprint density at radius 3 is 1.46 bits per heavy atom. The average molecular weight is 190 g/mol. The molecule has 0 radical (unpaired) electrons. The molecule has 0 aromatic heterocycles. The van der Waals surface area contributed by atoms with Crippen molar-refractivity contribution in [3.05, 3.63) is 0 Å². The number of aliphatic hydroxyl groups excluding tert-OH is 2. The zero-order valence-corrected chi connectivity index (χ0v) is 8.15. The Bertz CT molecular complexity index is 99.8. The lowest BCUT2D eigenvalue weighted by Crippen LogP contribution is -2.20. The van der Waals surface area contributed by atoms with Crippen LogP contribution in [0, 0.1) is 0 Å². The third-order valence-corrected chi connectivity index (χ3v) is 2.12. The molecular weight excluding hydrogens is 168 g/mol. The molecule has 0 aliphatic rings. The molecule has 13 heavy (non-hydrogen) atoms. The van der Waals surface area contributed by atoms with Gasteiger partial charge in [0.05, 0.1) is 12.2 Å². The van der Waals surface area contributed by atoms with E-state index in [1.54, 1.807) is 0 Å². The van der Waals surface area contributed by atoms with Crippen molar-refractivity contribution in [2.24, 2.45) is 11.5 Å². The number of unbranched alkanes of at least 4 members (excludes halogenated alkanes) is 2. The summed E-state index contributed by atoms with van der Waals surface area (Å²) in [4.78, 5) is 0. The first-order chi connectivity index (χ1) is 6.20. The van der Waals surface area contributed by atoms with E-state index in [-0.39, 0.29) is 12.2 Å². The van der Waals surface area contributed by atoms with Crippen molar-refractivity contribution in [3.8, 4) is 0 Å². The molecule has 0 saturated carbocycles. The second-order valence-corrected chi connectivity index (χ2v) is 3.42. The molecule has 0 rings (SSSR count). The van der Waals surface area contributed by atoms with Crippen molar-refractivity contribution < 1.29 is 10.2 Å². The fraction of sp³-hybridized carbons (Fsp3) is 1.00. The monoisotopic (exact) mass is 190 g/mol. The smallest absolute Gasteiger partial charge is 0.0662 e. The molecule has 2 atom stereocenters. The maximum Gasteiger partial charge on any atom is 0.0662 e. The first-order valence-electron chi connectivity index (χ1n) is 4.97. The Morgan fingerprint density at radius 2 is 1.15 bits per heavy atom. The van der Waals surface area contributed by atoms with E-state index < -0.39 is 0 Å². The maximum atomic E-state index is 9.12. The number of rotatable bonds is 8. The summed E-state index contributed by atoms with van der Waals surface area (Å²) in [5, 5.41) is 18.2. The highest BCUT2D eigenvalue weighted by Crippen LogP contribution is 2.06. The van der Waals surface area contributed by atoms with E-state index in [2.05, 4.69) is 0 Å². The van der Waals surface area contributed by atoms with Gasteiger partial charge in [0.25, 0.3) is 0 Å². The van der Waals surface area contributed by atoms with Gasteiger partial charge in [-0.3, -0.25) is 0 Å². The van der Waals surface area contributed by atoms with Crippen LogP contribution in [0.5, 0.6) is 0 Å². The van der Waals surface area contributed by atoms with Gasteiger partial charge in [-0.15, -0.1) is 0 Å². The first kappa shape index (κ1) is 12.8. The summed E-state index contributed by atoms with van der Waals surface area (Å²) in [5.41, 5.74) is 10.5. The Kier molecular flexibility index (Phi) is 8.33. The predicted octanol–water partition coefficient (Wildman–Crippen LogP) is -0.424. The quantitative estimate of drug-likeness (QED) is 0.391. The third kappa shape index (κ3) is 8.18. The van der Waals surface area contributed by atoms with Crippen LogP contribution in [0.4, 0.5) is 0 Å². The maximum absolute atomic E-state index is 9.12. The molecule has 0 spiro atoms. The lowest BCUT2D eigenvalue weighted by Gasteiger charge is -2.08. The summed E-state index contributed by atoms with van der Waals surface area (Å²) < 4.78 is 0. The van der Waals surface area contributed by atoms with Crippen molar-refractivity contribution >= 4 is 0 Å². The summed E-state index contributed by atoms with van der Waals surface area (Å²) in [6.45, 7) is 0.677. The van der Waals surface area contributed by atoms with Gasteiger partial charge in [-0.25, -0.2) is 0 Å². The number of nitrogens with two attached hydrogens (primary N) is 2. The summed E-state index contributed by atoms with van der Waals surface area (Å²) in [6.07, 6.45) is 3.75. The highest BCUT2D eigenvalue weighted by atomic mass is 16.3. The standard InChI is InChI=1S/C9H22N2O2/c10-6-8(12)4-2-1-3-5-9(13)7-11/h8-9,12-13H,1-7,10-11H2. The van der Waals surface area contributed by atoms with Gasteiger partial charge in [0, 0.05) is 13.1 Å². The van der Waals surface area contributed by atoms with Crippen LogP contribution in [0.15, 0.2) is 0 Å². The van der Waals surface area contributed by atoms with Crippen LogP contribution in [-0.2, 0) is 0 Å². The minimum absolute atomic E-state index is 0.339. The Balaban J connectivity index is 3.08. The molecule has 0 saturated heterocycles. The highest BCUT2D eigenvalue weighted by Gasteiger charge is 2.02. The minimum atomic E-state index is -0.362. The molecule has 0 aliphatic heterocycles. The summed E-state index contributed by atoms with van der Waals surface area (Å²) in [5.74, 6) is 0. The zero-order valence-electron chi connectivity index (χ0n) is 8.15. The fourth-order valence-corrected chi connectivity index (χ4v) is 1.17. The second-order valence-electron chi connectivity index (χ2n) is 3.42. The Morgan fingerprint density at radius 1 is 0.769 bits per heavy atom. The van der Waals surface area contributed by atoms with Gasteiger partial charge in [0.15, 0.2) is 0 Å². The van der Waals surface area contributed by atoms with E-state index in [9.17, 15) is 0 Å². The van der Waals surface area contributed by atoms with Crippen LogP contribution >= 0.6 is 0 Å². The predicted molar refractivity (Wildman–Crippen MR) is 53.2 cm³/mol. The fourth-order valence-electron chi connectivity index (χ4n) is 1.17. The van der Waals surface area contributed by atoms with E-state index in [1.165, 1.54) is 0 Å². The molecule has 0 fully saturated rings. The van der Waals surface area contributed by atoms with Gasteiger partial charge < -0.3 is 21.7 Å². The Hall–Kier alpha value is -0.160. The van der Waals surface area contributed by atoms with Gasteiger partial charge in [0.2, 0.25) is 0 Å². The van der Waals surface area contributed by atoms with Crippen molar-refractivity contribution in [2.45, 2.75) is 44.3 Å². The molecule has 6 N–H and O–H groups in total. The lowest BCUT2D eigenvalue weighted by atomic mass is 10.1. The molecule has 0 heterocycles. The molecule has 0 aromatic carbocycles. The van der Waals surface area contributed by atoms with Crippen LogP contribution < -0.4 is 11.5 Å². The number of hydrogen-bond acceptors (Lipinski definition) is 4. The largest absolute Gasteiger partial charge is 0.392 e. The summed E-state index contributed by atoms with van der Waals surface area (Å²) in [6, 6.07) is 0. The number of hydrogen-bond donors (Lipinski definition) is 4. The van der Waals surface area contributed by atoms with Crippen LogP contribution in [0.3, 0.4) is 0 Å². The summed E-state index contributed by atoms with van der Waals surface area (Å²) >= 11 is 0. The van der Waals surface area contributed by atoms with Crippen LogP contribution in [0.2, 0.25) is 0 Å². The average Bonchev–Trinajstić information content (AvgIpc) is 2.16. The van der Waals surface area contributed by atoms with Crippen LogP contribution in [0.1, 0.15) is 32.1 Å². The van der Waals surface area contributed by atoms with Gasteiger partial charge in [0.1, 0.15) is 0 Å². The molecule has 0 bridgehead atoms. The lowest BCUT2D eigenvalue weighted by molar-refractivity contribution is 0.160. The SMILES string of the molecule is NCC(O)CCCCCC(O)CN. The molecule has 2 unspecified atom stereocenters. The van der Waals surface area contributed by atoms with Crippen molar-refractivity contribution in [1.82, 2.24) is 0 Å². The second kappa shape index (κ2) is 8.44. The van der Waals surface area contributed by atoms with Gasteiger partial charge in [-0.2, -0.15) is 0 Å². The molecule has 4 heteroatoms. The van der Waals surface area contributed by atoms with Crippen molar-refractivity contribution in [1.29, 1.82) is 0 Å². The normalized spacial score (nSPS) is 15.7. The van der Waals surface area contributed by atoms with E-state index in [0.717, 1.165) is 32.1 Å². The van der Waals surface area contributed by atoms with Crippen molar-refractivity contribution in [2.75, 3.05) is 13.1 Å². The first-order valence-corrected chi connectivity index (χ1v) is 4.97. The molecular formula is C9H22N2O2. The number of aliphatic hydroxyl groups is 2. The van der Waals surface area contributed by atoms with E-state index in [1.807, 2.05) is 0 Å². The van der Waals surface area contributed by atoms with E-state index in [0.29, 0.717) is 13.1 Å². The van der Waals surface area contributed by atoms with E-state index in [4.69, 9.17) is 21.7 Å². The zero-order chi connectivity index (χ0) is 10.1. The Labute approximate surface area is 79.9 Å². The molecule has 0 amide bonds. The van der Waals surface area contributed by atoms with Gasteiger partial charge in [-0.05, 0) is 12.8 Å². The molecule has 0 aliphatic carbocycles.